The summed E-state index contributed by atoms with van der Waals surface area (Å²) < 4.78 is 13.3. The Morgan fingerprint density at radius 1 is 1.00 bits per heavy atom. The van der Waals surface area contributed by atoms with Gasteiger partial charge in [-0.25, -0.2) is 14.3 Å². The van der Waals surface area contributed by atoms with Crippen molar-refractivity contribution in [1.29, 1.82) is 0 Å². The first kappa shape index (κ1) is 27.2. The normalized spacial score (nSPS) is 17.0. The molecule has 2 aromatic carbocycles. The third-order valence-electron chi connectivity index (χ3n) is 7.14. The molecule has 0 bridgehead atoms. The minimum Gasteiger partial charge on any atom is -0.457 e. The summed E-state index contributed by atoms with van der Waals surface area (Å²) in [4.78, 5) is 31.7. The molecular formula is C31H35N5O4. The molecule has 5 rings (SSSR count). The largest absolute Gasteiger partial charge is 0.457 e. The van der Waals surface area contributed by atoms with Crippen LogP contribution in [0.25, 0.3) is 16.9 Å². The Kier molecular flexibility index (Phi) is 6.99. The van der Waals surface area contributed by atoms with Crippen molar-refractivity contribution < 1.29 is 19.1 Å². The van der Waals surface area contributed by atoms with Gasteiger partial charge >= 0.3 is 6.09 Å². The molecule has 0 radical (unpaired) electrons. The number of likely N-dealkylation sites (tertiary alicyclic amines) is 1. The molecule has 0 spiro atoms. The number of piperidine rings is 1. The number of carbonyl (C=O) groups excluding carboxylic acids is 2. The summed E-state index contributed by atoms with van der Waals surface area (Å²) in [6.45, 7) is 10.9. The van der Waals surface area contributed by atoms with Crippen LogP contribution >= 0.6 is 0 Å². The Morgan fingerprint density at radius 3 is 2.30 bits per heavy atom. The van der Waals surface area contributed by atoms with Crippen molar-refractivity contribution in [2.24, 2.45) is 11.1 Å². The number of nitrogens with two attached hydrogens (primary N) is 1. The second-order valence-corrected chi connectivity index (χ2v) is 11.9. The zero-order valence-corrected chi connectivity index (χ0v) is 23.5. The highest BCUT2D eigenvalue weighted by Crippen LogP contribution is 2.43. The standard InChI is InChI=1S/C31H35N5O4/c1-30(2,3)40-29(38)35-18-16-23(31(4,5)19-35)24-15-17-33-28-25(27(32)37)26(34-36(24)28)20-11-13-22(14-12-20)39-21-9-7-6-8-10-21/h6-15,17,23H,16,18-19H2,1-5H3,(H2,32,37). The maximum atomic E-state index is 12.8. The summed E-state index contributed by atoms with van der Waals surface area (Å²) in [5.41, 5.74) is 7.79. The monoisotopic (exact) mass is 541 g/mol. The van der Waals surface area contributed by atoms with Crippen LogP contribution in [0.15, 0.2) is 66.9 Å². The molecule has 3 heterocycles. The SMILES string of the molecule is CC(C)(C)OC(=O)N1CCC(c2ccnc3c(C(N)=O)c(-c4ccc(Oc5ccccc5)cc4)nn23)C(C)(C)C1. The van der Waals surface area contributed by atoms with Crippen LogP contribution in [0.1, 0.15) is 63.0 Å². The van der Waals surface area contributed by atoms with Crippen LogP contribution in [0, 0.1) is 5.41 Å². The molecule has 2 N–H and O–H groups in total. The van der Waals surface area contributed by atoms with Crippen molar-refractivity contribution in [2.45, 2.75) is 52.6 Å². The van der Waals surface area contributed by atoms with E-state index in [1.807, 2.05) is 81.4 Å². The van der Waals surface area contributed by atoms with E-state index in [4.69, 9.17) is 20.3 Å². The van der Waals surface area contributed by atoms with E-state index in [0.29, 0.717) is 36.6 Å². The number of hydrogen-bond acceptors (Lipinski definition) is 6. The van der Waals surface area contributed by atoms with Crippen LogP contribution in [0.3, 0.4) is 0 Å². The third kappa shape index (κ3) is 5.50. The number of benzene rings is 2. The van der Waals surface area contributed by atoms with Crippen LogP contribution in [0.4, 0.5) is 4.79 Å². The second-order valence-electron chi connectivity index (χ2n) is 11.9. The van der Waals surface area contributed by atoms with Gasteiger partial charge in [0.15, 0.2) is 5.65 Å². The number of para-hydroxylation sites is 1. The Hall–Kier alpha value is -4.40. The first-order valence-electron chi connectivity index (χ1n) is 13.4. The predicted octanol–water partition coefficient (Wildman–Crippen LogP) is 6.04. The Labute approximate surface area is 233 Å². The molecule has 4 aromatic rings. The second kappa shape index (κ2) is 10.3. The van der Waals surface area contributed by atoms with Crippen LogP contribution in [-0.4, -0.2) is 50.2 Å². The van der Waals surface area contributed by atoms with Gasteiger partial charge in [-0.15, -0.1) is 0 Å². The van der Waals surface area contributed by atoms with Gasteiger partial charge in [-0.3, -0.25) is 4.79 Å². The average molecular weight is 542 g/mol. The highest BCUT2D eigenvalue weighted by atomic mass is 16.6. The zero-order chi connectivity index (χ0) is 28.7. The molecule has 1 aliphatic rings. The molecule has 9 heteroatoms. The summed E-state index contributed by atoms with van der Waals surface area (Å²) in [5, 5.41) is 4.87. The summed E-state index contributed by atoms with van der Waals surface area (Å²) in [6.07, 6.45) is 2.09. The van der Waals surface area contributed by atoms with Crippen molar-refractivity contribution in [3.8, 4) is 22.8 Å². The van der Waals surface area contributed by atoms with Gasteiger partial charge in [0.05, 0.1) is 0 Å². The number of primary amides is 1. The number of ether oxygens (including phenoxy) is 2. The van der Waals surface area contributed by atoms with Crippen molar-refractivity contribution in [1.82, 2.24) is 19.5 Å². The van der Waals surface area contributed by atoms with Gasteiger partial charge in [0, 0.05) is 36.5 Å². The first-order valence-corrected chi connectivity index (χ1v) is 13.4. The molecule has 1 aliphatic heterocycles. The summed E-state index contributed by atoms with van der Waals surface area (Å²) >= 11 is 0. The van der Waals surface area contributed by atoms with E-state index in [0.717, 1.165) is 17.0 Å². The lowest BCUT2D eigenvalue weighted by Gasteiger charge is -2.44. The third-order valence-corrected chi connectivity index (χ3v) is 7.14. The van der Waals surface area contributed by atoms with Crippen LogP contribution in [0.5, 0.6) is 11.5 Å². The Morgan fingerprint density at radius 2 is 1.68 bits per heavy atom. The van der Waals surface area contributed by atoms with Gasteiger partial charge < -0.3 is 20.1 Å². The van der Waals surface area contributed by atoms with E-state index in [-0.39, 0.29) is 23.0 Å². The smallest absolute Gasteiger partial charge is 0.410 e. The molecule has 0 aliphatic carbocycles. The first-order chi connectivity index (χ1) is 18.9. The van der Waals surface area contributed by atoms with E-state index >= 15 is 0 Å². The summed E-state index contributed by atoms with van der Waals surface area (Å²) in [7, 11) is 0. The van der Waals surface area contributed by atoms with E-state index in [1.54, 1.807) is 15.6 Å². The maximum absolute atomic E-state index is 12.8. The minimum atomic E-state index is -0.599. The quantitative estimate of drug-likeness (QED) is 0.330. The van der Waals surface area contributed by atoms with Gasteiger partial charge in [0.2, 0.25) is 0 Å². The molecule has 9 nitrogen and oxygen atoms in total. The molecule has 0 saturated carbocycles. The molecular weight excluding hydrogens is 506 g/mol. The van der Waals surface area contributed by atoms with Gasteiger partial charge in [-0.2, -0.15) is 5.10 Å². The number of amides is 2. The molecule has 1 unspecified atom stereocenters. The molecule has 208 valence electrons. The number of carbonyl (C=O) groups is 2. The van der Waals surface area contributed by atoms with Gasteiger partial charge in [0.25, 0.3) is 5.91 Å². The molecule has 2 amide bonds. The zero-order valence-electron chi connectivity index (χ0n) is 23.5. The number of fused-ring (bicyclic) bond motifs is 1. The lowest BCUT2D eigenvalue weighted by Crippen LogP contribution is -2.49. The molecule has 40 heavy (non-hydrogen) atoms. The number of hydrogen-bond donors (Lipinski definition) is 1. The Balaban J connectivity index is 1.47. The Bertz CT molecular complexity index is 1540. The summed E-state index contributed by atoms with van der Waals surface area (Å²) in [6, 6.07) is 18.8. The maximum Gasteiger partial charge on any atom is 0.410 e. The molecule has 2 aromatic heterocycles. The fraction of sp³-hybridized carbons (Fsp3) is 0.355. The van der Waals surface area contributed by atoms with Crippen LogP contribution in [0.2, 0.25) is 0 Å². The topological polar surface area (TPSA) is 112 Å². The van der Waals surface area contributed by atoms with Gasteiger partial charge in [-0.05, 0) is 75.1 Å². The van der Waals surface area contributed by atoms with Crippen molar-refractivity contribution >= 4 is 17.6 Å². The van der Waals surface area contributed by atoms with Crippen molar-refractivity contribution in [3.05, 3.63) is 78.1 Å². The fourth-order valence-corrected chi connectivity index (χ4v) is 5.35. The van der Waals surface area contributed by atoms with Crippen molar-refractivity contribution in [3.63, 3.8) is 0 Å². The number of aromatic nitrogens is 3. The lowest BCUT2D eigenvalue weighted by atomic mass is 9.72. The fourth-order valence-electron chi connectivity index (χ4n) is 5.35. The van der Waals surface area contributed by atoms with E-state index < -0.39 is 11.5 Å². The molecule has 1 atom stereocenters. The molecule has 1 saturated heterocycles. The van der Waals surface area contributed by atoms with E-state index in [9.17, 15) is 9.59 Å². The van der Waals surface area contributed by atoms with Crippen LogP contribution < -0.4 is 10.5 Å². The number of rotatable bonds is 5. The highest BCUT2D eigenvalue weighted by Gasteiger charge is 2.41. The van der Waals surface area contributed by atoms with E-state index in [2.05, 4.69) is 18.8 Å². The van der Waals surface area contributed by atoms with Crippen molar-refractivity contribution in [2.75, 3.05) is 13.1 Å². The predicted molar refractivity (Wildman–Crippen MR) is 152 cm³/mol. The lowest BCUT2D eigenvalue weighted by molar-refractivity contribution is 0.00432. The van der Waals surface area contributed by atoms with Gasteiger partial charge in [-0.1, -0.05) is 32.0 Å². The van der Waals surface area contributed by atoms with Gasteiger partial charge in [0.1, 0.15) is 28.4 Å². The van der Waals surface area contributed by atoms with Crippen LogP contribution in [-0.2, 0) is 4.74 Å². The molecule has 1 fully saturated rings. The average Bonchev–Trinajstić information content (AvgIpc) is 3.28. The summed E-state index contributed by atoms with van der Waals surface area (Å²) in [5.74, 6) is 0.844. The minimum absolute atomic E-state index is 0.0480. The highest BCUT2D eigenvalue weighted by molar-refractivity contribution is 6.04. The number of nitrogens with zero attached hydrogens (tertiary/aromatic N) is 4. The van der Waals surface area contributed by atoms with E-state index in [1.165, 1.54) is 0 Å².